The van der Waals surface area contributed by atoms with Crippen LogP contribution in [0.25, 0.3) is 0 Å². The zero-order valence-corrected chi connectivity index (χ0v) is 6.59. The molecule has 2 amide bonds. The molecule has 6 heteroatoms. The van der Waals surface area contributed by atoms with Gasteiger partial charge in [0.15, 0.2) is 0 Å². The number of carbonyl (C=O) groups excluding carboxylic acids is 2. The maximum atomic E-state index is 10.8. The number of nitrogens with zero attached hydrogens (tertiary/aromatic N) is 1. The fourth-order valence-corrected chi connectivity index (χ4v) is 0.732. The first kappa shape index (κ1) is 8.66. The van der Waals surface area contributed by atoms with Gasteiger partial charge in [0.25, 0.3) is 5.91 Å². The molecule has 0 fully saturated rings. The highest BCUT2D eigenvalue weighted by atomic mass is 16.5. The Labute approximate surface area is 69.0 Å². The van der Waals surface area contributed by atoms with Crippen molar-refractivity contribution in [3.63, 3.8) is 0 Å². The number of nitrogens with one attached hydrogen (secondary N) is 2. The third-order valence-corrected chi connectivity index (χ3v) is 1.17. The highest BCUT2D eigenvalue weighted by molar-refractivity contribution is 6.08. The lowest BCUT2D eigenvalue weighted by molar-refractivity contribution is -0.123. The van der Waals surface area contributed by atoms with Crippen LogP contribution in [-0.4, -0.2) is 38.0 Å². The van der Waals surface area contributed by atoms with Gasteiger partial charge < -0.3 is 4.74 Å². The summed E-state index contributed by atoms with van der Waals surface area (Å²) in [4.78, 5) is 25.1. The molecule has 0 atom stereocenters. The molecule has 0 saturated carbocycles. The average molecular weight is 171 g/mol. The summed E-state index contributed by atoms with van der Waals surface area (Å²) in [6, 6.07) is 0. The SMILES string of the molecule is COCC(=O)NC1=NCC(=O)N1. The Hall–Kier alpha value is -1.43. The van der Waals surface area contributed by atoms with E-state index in [0.29, 0.717) is 0 Å². The van der Waals surface area contributed by atoms with Gasteiger partial charge in [-0.3, -0.25) is 20.2 Å². The molecule has 0 bridgehead atoms. The second-order valence-corrected chi connectivity index (χ2v) is 2.19. The van der Waals surface area contributed by atoms with Crippen molar-refractivity contribution >= 4 is 17.8 Å². The molecular weight excluding hydrogens is 162 g/mol. The summed E-state index contributed by atoms with van der Waals surface area (Å²) in [5, 5.41) is 4.73. The molecule has 0 unspecified atom stereocenters. The van der Waals surface area contributed by atoms with Crippen molar-refractivity contribution in [2.24, 2.45) is 4.99 Å². The lowest BCUT2D eigenvalue weighted by Crippen LogP contribution is -2.41. The van der Waals surface area contributed by atoms with E-state index >= 15 is 0 Å². The quantitative estimate of drug-likeness (QED) is 0.516. The molecule has 1 rings (SSSR count). The van der Waals surface area contributed by atoms with Crippen molar-refractivity contribution in [1.82, 2.24) is 10.6 Å². The number of rotatable bonds is 2. The van der Waals surface area contributed by atoms with E-state index in [4.69, 9.17) is 0 Å². The Bertz CT molecular complexity index is 236. The largest absolute Gasteiger partial charge is 0.375 e. The number of hydrogen-bond acceptors (Lipinski definition) is 4. The van der Waals surface area contributed by atoms with Crippen LogP contribution in [0.4, 0.5) is 0 Å². The molecule has 12 heavy (non-hydrogen) atoms. The molecule has 1 aliphatic heterocycles. The molecule has 0 aromatic heterocycles. The standard InChI is InChI=1S/C6H9N3O3/c1-12-3-5(11)9-6-7-2-4(10)8-6/h2-3H2,1H3,(H2,7,8,9,10,11). The van der Waals surface area contributed by atoms with Gasteiger partial charge in [0.1, 0.15) is 13.2 Å². The molecule has 0 saturated heterocycles. The summed E-state index contributed by atoms with van der Waals surface area (Å²) >= 11 is 0. The highest BCUT2D eigenvalue weighted by Crippen LogP contribution is 1.83. The number of guanidine groups is 1. The molecule has 6 nitrogen and oxygen atoms in total. The summed E-state index contributed by atoms with van der Waals surface area (Å²) in [6.45, 7) is 0.0253. The van der Waals surface area contributed by atoms with Crippen LogP contribution in [0.2, 0.25) is 0 Å². The Kier molecular flexibility index (Phi) is 2.76. The van der Waals surface area contributed by atoms with Gasteiger partial charge in [-0.25, -0.2) is 4.99 Å². The van der Waals surface area contributed by atoms with E-state index in [9.17, 15) is 9.59 Å². The topological polar surface area (TPSA) is 79.8 Å². The van der Waals surface area contributed by atoms with Gasteiger partial charge in [-0.05, 0) is 0 Å². The van der Waals surface area contributed by atoms with Crippen LogP contribution in [0.1, 0.15) is 0 Å². The molecule has 66 valence electrons. The molecule has 1 heterocycles. The van der Waals surface area contributed by atoms with Crippen molar-refractivity contribution in [3.8, 4) is 0 Å². The monoisotopic (exact) mass is 171 g/mol. The first-order chi connectivity index (χ1) is 5.72. The van der Waals surface area contributed by atoms with Gasteiger partial charge in [0.2, 0.25) is 11.9 Å². The third-order valence-electron chi connectivity index (χ3n) is 1.17. The van der Waals surface area contributed by atoms with Crippen LogP contribution >= 0.6 is 0 Å². The zero-order valence-electron chi connectivity index (χ0n) is 6.59. The molecule has 0 spiro atoms. The Morgan fingerprint density at radius 2 is 2.58 bits per heavy atom. The minimum atomic E-state index is -0.335. The second-order valence-electron chi connectivity index (χ2n) is 2.19. The van der Waals surface area contributed by atoms with E-state index in [1.807, 2.05) is 0 Å². The van der Waals surface area contributed by atoms with Gasteiger partial charge in [0.05, 0.1) is 0 Å². The third kappa shape index (κ3) is 2.31. The maximum Gasteiger partial charge on any atom is 0.252 e. The number of carbonyl (C=O) groups is 2. The molecule has 1 aliphatic rings. The first-order valence-corrected chi connectivity index (χ1v) is 3.35. The maximum absolute atomic E-state index is 10.8. The number of methoxy groups -OCH3 is 1. The molecule has 0 aromatic rings. The molecular formula is C6H9N3O3. The van der Waals surface area contributed by atoms with Crippen molar-refractivity contribution in [2.45, 2.75) is 0 Å². The van der Waals surface area contributed by atoms with Gasteiger partial charge in [-0.15, -0.1) is 0 Å². The minimum absolute atomic E-state index is 0.0467. The van der Waals surface area contributed by atoms with Crippen molar-refractivity contribution in [3.05, 3.63) is 0 Å². The van der Waals surface area contributed by atoms with Crippen molar-refractivity contribution < 1.29 is 14.3 Å². The van der Waals surface area contributed by atoms with Crippen molar-refractivity contribution in [1.29, 1.82) is 0 Å². The molecule has 2 N–H and O–H groups in total. The van der Waals surface area contributed by atoms with Gasteiger partial charge in [0, 0.05) is 7.11 Å². The fourth-order valence-electron chi connectivity index (χ4n) is 0.732. The lowest BCUT2D eigenvalue weighted by Gasteiger charge is -2.02. The normalized spacial score (nSPS) is 15.4. The van der Waals surface area contributed by atoms with Crippen LogP contribution < -0.4 is 10.6 Å². The first-order valence-electron chi connectivity index (χ1n) is 3.35. The average Bonchev–Trinajstić information content (AvgIpc) is 2.36. The summed E-state index contributed by atoms with van der Waals surface area (Å²) in [7, 11) is 1.41. The Morgan fingerprint density at radius 1 is 1.83 bits per heavy atom. The fraction of sp³-hybridized carbons (Fsp3) is 0.500. The summed E-state index contributed by atoms with van der Waals surface area (Å²) in [6.07, 6.45) is 0. The van der Waals surface area contributed by atoms with E-state index < -0.39 is 0 Å². The van der Waals surface area contributed by atoms with E-state index in [1.54, 1.807) is 0 Å². The summed E-state index contributed by atoms with van der Waals surface area (Å²) in [5.74, 6) is -0.358. The van der Waals surface area contributed by atoms with Crippen LogP contribution in [0.5, 0.6) is 0 Å². The molecule has 0 radical (unpaired) electrons. The van der Waals surface area contributed by atoms with E-state index in [2.05, 4.69) is 20.4 Å². The van der Waals surface area contributed by atoms with Gasteiger partial charge in [-0.2, -0.15) is 0 Å². The second kappa shape index (κ2) is 3.82. The van der Waals surface area contributed by atoms with E-state index in [0.717, 1.165) is 0 Å². The van der Waals surface area contributed by atoms with Crippen LogP contribution in [-0.2, 0) is 14.3 Å². The summed E-state index contributed by atoms with van der Waals surface area (Å²) < 4.78 is 4.56. The number of amides is 2. The number of aliphatic imine (C=N–C) groups is 1. The molecule has 0 aromatic carbocycles. The predicted molar refractivity (Wildman–Crippen MR) is 40.5 cm³/mol. The summed E-state index contributed by atoms with van der Waals surface area (Å²) in [5.41, 5.74) is 0. The van der Waals surface area contributed by atoms with Crippen LogP contribution in [0, 0.1) is 0 Å². The Morgan fingerprint density at radius 3 is 3.08 bits per heavy atom. The van der Waals surface area contributed by atoms with E-state index in [1.165, 1.54) is 7.11 Å². The lowest BCUT2D eigenvalue weighted by atomic mass is 10.6. The van der Waals surface area contributed by atoms with Crippen molar-refractivity contribution in [2.75, 3.05) is 20.3 Å². The smallest absolute Gasteiger partial charge is 0.252 e. The predicted octanol–water partition coefficient (Wildman–Crippen LogP) is -1.77. The van der Waals surface area contributed by atoms with E-state index in [-0.39, 0.29) is 30.9 Å². The van der Waals surface area contributed by atoms with Crippen LogP contribution in [0.15, 0.2) is 4.99 Å². The highest BCUT2D eigenvalue weighted by Gasteiger charge is 2.14. The number of ether oxygens (including phenoxy) is 1. The van der Waals surface area contributed by atoms with Gasteiger partial charge >= 0.3 is 0 Å². The Balaban J connectivity index is 2.32. The van der Waals surface area contributed by atoms with Gasteiger partial charge in [-0.1, -0.05) is 0 Å². The zero-order chi connectivity index (χ0) is 8.97. The minimum Gasteiger partial charge on any atom is -0.375 e. The van der Waals surface area contributed by atoms with Crippen LogP contribution in [0.3, 0.4) is 0 Å². The molecule has 0 aliphatic carbocycles. The number of hydrogen-bond donors (Lipinski definition) is 2.